The minimum atomic E-state index is -4.05. The van der Waals surface area contributed by atoms with E-state index in [0.29, 0.717) is 34.6 Å². The largest absolute Gasteiger partial charge is 0.497 e. The quantitative estimate of drug-likeness (QED) is 0.287. The lowest BCUT2D eigenvalue weighted by atomic mass is 9.98. The fourth-order valence-electron chi connectivity index (χ4n) is 4.95. The Morgan fingerprint density at radius 3 is 2.39 bits per heavy atom. The number of ether oxygens (including phenoxy) is 2. The highest BCUT2D eigenvalue weighted by molar-refractivity contribution is 7.89. The molecule has 0 saturated carbocycles. The van der Waals surface area contributed by atoms with Crippen molar-refractivity contribution in [2.45, 2.75) is 31.1 Å². The van der Waals surface area contributed by atoms with Gasteiger partial charge in [0.2, 0.25) is 5.91 Å². The van der Waals surface area contributed by atoms with Gasteiger partial charge in [0.05, 0.1) is 37.1 Å². The van der Waals surface area contributed by atoms with E-state index in [-0.39, 0.29) is 23.2 Å². The van der Waals surface area contributed by atoms with Crippen molar-refractivity contribution in [2.24, 2.45) is 5.92 Å². The van der Waals surface area contributed by atoms with Crippen molar-refractivity contribution in [3.63, 3.8) is 0 Å². The van der Waals surface area contributed by atoms with Crippen LogP contribution in [0.2, 0.25) is 0 Å². The lowest BCUT2D eigenvalue weighted by molar-refractivity contribution is -0.117. The highest BCUT2D eigenvalue weighted by atomic mass is 32.2. The van der Waals surface area contributed by atoms with E-state index >= 15 is 0 Å². The van der Waals surface area contributed by atoms with Gasteiger partial charge >= 0.3 is 0 Å². The molecule has 0 spiro atoms. The lowest BCUT2D eigenvalue weighted by Crippen LogP contribution is -2.43. The van der Waals surface area contributed by atoms with Crippen molar-refractivity contribution in [3.8, 4) is 11.5 Å². The van der Waals surface area contributed by atoms with Crippen molar-refractivity contribution in [2.75, 3.05) is 44.5 Å². The van der Waals surface area contributed by atoms with E-state index in [9.17, 15) is 13.2 Å². The monoisotopic (exact) mass is 580 g/mol. The number of amides is 1. The maximum atomic E-state index is 13.6. The molecule has 5 rings (SSSR count). The summed E-state index contributed by atoms with van der Waals surface area (Å²) in [4.78, 5) is 14.6. The summed E-state index contributed by atoms with van der Waals surface area (Å²) in [6.45, 7) is 4.17. The molecule has 2 aromatic carbocycles. The summed E-state index contributed by atoms with van der Waals surface area (Å²) in [6, 6.07) is 11.5. The molecule has 1 aliphatic carbocycles. The van der Waals surface area contributed by atoms with Crippen LogP contribution in [0.5, 0.6) is 11.5 Å². The number of anilines is 2. The first-order valence-corrected chi connectivity index (χ1v) is 15.1. The SMILES string of the molecule is COc1cc(NC2=C(NS(=O)(=O)c3cccc(NC(=O)CN4CCCC4)c3)NC3=CC(C)CC=C3N2)cc(OC)c1. The first-order chi connectivity index (χ1) is 19.7. The standard InChI is InChI=1S/C29H36N6O5S/c1-19-9-10-25-26(13-19)33-29(28(32-25)31-21-14-22(39-2)17-23(15-21)40-3)34-41(37,38)24-8-6-7-20(16-24)30-27(36)18-35-11-4-5-12-35/h6-8,10,13-17,19,31-34H,4-5,9,11-12,18H2,1-3H3,(H,30,36). The number of hydrogen-bond donors (Lipinski definition) is 5. The molecule has 2 aliphatic heterocycles. The maximum Gasteiger partial charge on any atom is 0.263 e. The Bertz CT molecular complexity index is 1490. The van der Waals surface area contributed by atoms with Crippen molar-refractivity contribution >= 4 is 27.3 Å². The smallest absolute Gasteiger partial charge is 0.263 e. The second kappa shape index (κ2) is 12.1. The fraction of sp³-hybridized carbons (Fsp3) is 0.345. The summed E-state index contributed by atoms with van der Waals surface area (Å²) in [6.07, 6.45) is 7.14. The summed E-state index contributed by atoms with van der Waals surface area (Å²) in [5, 5.41) is 12.7. The van der Waals surface area contributed by atoms with Crippen LogP contribution in [0.15, 0.2) is 82.5 Å². The molecule has 1 saturated heterocycles. The van der Waals surface area contributed by atoms with E-state index in [0.717, 1.165) is 43.7 Å². The van der Waals surface area contributed by atoms with E-state index in [2.05, 4.69) is 50.0 Å². The summed E-state index contributed by atoms with van der Waals surface area (Å²) in [5.41, 5.74) is 2.66. The van der Waals surface area contributed by atoms with Gasteiger partial charge in [-0.3, -0.25) is 14.4 Å². The van der Waals surface area contributed by atoms with Crippen LogP contribution >= 0.6 is 0 Å². The average molecular weight is 581 g/mol. The third-order valence-corrected chi connectivity index (χ3v) is 8.40. The normalized spacial score (nSPS) is 18.8. The minimum absolute atomic E-state index is 0.0144. The van der Waals surface area contributed by atoms with Gasteiger partial charge in [0.25, 0.3) is 10.0 Å². The number of carbonyl (C=O) groups is 1. The number of methoxy groups -OCH3 is 2. The van der Waals surface area contributed by atoms with E-state index in [1.165, 1.54) is 12.1 Å². The number of hydrogen-bond acceptors (Lipinski definition) is 9. The summed E-state index contributed by atoms with van der Waals surface area (Å²) < 4.78 is 40.7. The highest BCUT2D eigenvalue weighted by Gasteiger charge is 2.27. The Labute approximate surface area is 240 Å². The number of sulfonamides is 1. The Morgan fingerprint density at radius 1 is 0.976 bits per heavy atom. The van der Waals surface area contributed by atoms with Crippen LogP contribution in [0.4, 0.5) is 11.4 Å². The molecule has 0 radical (unpaired) electrons. The van der Waals surface area contributed by atoms with Crippen LogP contribution < -0.4 is 35.5 Å². The predicted octanol–water partition coefficient (Wildman–Crippen LogP) is 3.26. The first kappa shape index (κ1) is 28.4. The van der Waals surface area contributed by atoms with E-state index < -0.39 is 10.0 Å². The van der Waals surface area contributed by atoms with Gasteiger partial charge in [0.1, 0.15) is 11.5 Å². The number of rotatable bonds is 10. The molecule has 1 fully saturated rings. The Balaban J connectivity index is 1.41. The summed E-state index contributed by atoms with van der Waals surface area (Å²) in [5.74, 6) is 1.89. The van der Waals surface area contributed by atoms with Gasteiger partial charge in [-0.15, -0.1) is 0 Å². The number of likely N-dealkylation sites (tertiary alicyclic amines) is 1. The number of nitrogens with zero attached hydrogens (tertiary/aromatic N) is 1. The first-order valence-electron chi connectivity index (χ1n) is 13.6. The minimum Gasteiger partial charge on any atom is -0.497 e. The molecule has 0 bridgehead atoms. The van der Waals surface area contributed by atoms with Gasteiger partial charge in [-0.25, -0.2) is 8.42 Å². The molecule has 3 aliphatic rings. The van der Waals surface area contributed by atoms with Gasteiger partial charge in [0.15, 0.2) is 11.6 Å². The molecule has 1 atom stereocenters. The molecule has 12 heteroatoms. The van der Waals surface area contributed by atoms with Gasteiger partial charge in [0, 0.05) is 29.6 Å². The van der Waals surface area contributed by atoms with Crippen molar-refractivity contribution in [1.29, 1.82) is 0 Å². The summed E-state index contributed by atoms with van der Waals surface area (Å²) in [7, 11) is -0.928. The van der Waals surface area contributed by atoms with E-state index in [4.69, 9.17) is 9.47 Å². The fourth-order valence-corrected chi connectivity index (χ4v) is 6.03. The molecule has 0 aromatic heterocycles. The zero-order chi connectivity index (χ0) is 29.0. The predicted molar refractivity (Wildman–Crippen MR) is 157 cm³/mol. The Kier molecular flexibility index (Phi) is 8.41. The number of benzene rings is 2. The molecule has 41 heavy (non-hydrogen) atoms. The van der Waals surface area contributed by atoms with Crippen LogP contribution in [-0.4, -0.2) is 53.1 Å². The number of fused-ring (bicyclic) bond motifs is 1. The molecular formula is C29H36N6O5S. The highest BCUT2D eigenvalue weighted by Crippen LogP contribution is 2.29. The third kappa shape index (κ3) is 6.95. The lowest BCUT2D eigenvalue weighted by Gasteiger charge is -2.31. The Morgan fingerprint density at radius 2 is 1.68 bits per heavy atom. The molecule has 2 heterocycles. The van der Waals surface area contributed by atoms with Gasteiger partial charge in [-0.05, 0) is 56.5 Å². The molecule has 2 aromatic rings. The van der Waals surface area contributed by atoms with Gasteiger partial charge in [-0.1, -0.05) is 25.1 Å². The van der Waals surface area contributed by atoms with E-state index in [1.807, 2.05) is 0 Å². The molecule has 5 N–H and O–H groups in total. The van der Waals surface area contributed by atoms with Crippen LogP contribution in [-0.2, 0) is 14.8 Å². The van der Waals surface area contributed by atoms with Crippen LogP contribution in [0, 0.1) is 5.92 Å². The number of nitrogens with one attached hydrogen (secondary N) is 5. The Hall–Kier alpha value is -4.16. The van der Waals surface area contributed by atoms with Crippen molar-refractivity contribution in [3.05, 3.63) is 77.7 Å². The topological polar surface area (TPSA) is 133 Å². The van der Waals surface area contributed by atoms with E-state index in [1.54, 1.807) is 44.6 Å². The van der Waals surface area contributed by atoms with Crippen LogP contribution in [0.3, 0.4) is 0 Å². The van der Waals surface area contributed by atoms with Crippen LogP contribution in [0.25, 0.3) is 0 Å². The molecule has 11 nitrogen and oxygen atoms in total. The third-order valence-electron chi connectivity index (χ3n) is 7.06. The maximum absolute atomic E-state index is 13.6. The van der Waals surface area contributed by atoms with Crippen LogP contribution in [0.1, 0.15) is 26.2 Å². The average Bonchev–Trinajstić information content (AvgIpc) is 3.46. The summed E-state index contributed by atoms with van der Waals surface area (Å²) >= 11 is 0. The van der Waals surface area contributed by atoms with Gasteiger partial charge in [-0.2, -0.15) is 0 Å². The second-order valence-corrected chi connectivity index (χ2v) is 12.0. The zero-order valence-electron chi connectivity index (χ0n) is 23.4. The molecule has 1 unspecified atom stereocenters. The molecular weight excluding hydrogens is 544 g/mol. The van der Waals surface area contributed by atoms with Gasteiger partial charge < -0.3 is 30.7 Å². The second-order valence-electron chi connectivity index (χ2n) is 10.3. The number of carbonyl (C=O) groups excluding carboxylic acids is 1. The van der Waals surface area contributed by atoms with Crippen molar-refractivity contribution < 1.29 is 22.7 Å². The van der Waals surface area contributed by atoms with Crippen molar-refractivity contribution in [1.82, 2.24) is 20.3 Å². The number of allylic oxidation sites excluding steroid dienone is 2. The molecule has 218 valence electrons. The zero-order valence-corrected chi connectivity index (χ0v) is 24.2. The molecule has 1 amide bonds.